The molecule has 0 spiro atoms. The lowest BCUT2D eigenvalue weighted by Crippen LogP contribution is -2.23. The summed E-state index contributed by atoms with van der Waals surface area (Å²) < 4.78 is 26.5. The van der Waals surface area contributed by atoms with E-state index in [0.717, 1.165) is 11.3 Å². The van der Waals surface area contributed by atoms with Crippen LogP contribution >= 0.6 is 11.6 Å². The lowest BCUT2D eigenvalue weighted by atomic mass is 10.2. The van der Waals surface area contributed by atoms with E-state index < -0.39 is 10.0 Å². The molecule has 0 aromatic carbocycles. The Morgan fingerprint density at radius 3 is 2.68 bits per heavy atom. The molecule has 7 heteroatoms. The van der Waals surface area contributed by atoms with Crippen molar-refractivity contribution < 1.29 is 8.42 Å². The zero-order chi connectivity index (χ0) is 13.9. The van der Waals surface area contributed by atoms with Crippen molar-refractivity contribution in [3.8, 4) is 0 Å². The van der Waals surface area contributed by atoms with Gasteiger partial charge in [0.15, 0.2) is 0 Å². The Balaban J connectivity index is 2.14. The molecule has 0 atom stereocenters. The van der Waals surface area contributed by atoms with Crippen LogP contribution in [-0.2, 0) is 16.6 Å². The van der Waals surface area contributed by atoms with E-state index in [9.17, 15) is 8.42 Å². The van der Waals surface area contributed by atoms with Gasteiger partial charge in [-0.25, -0.2) is 18.1 Å². The van der Waals surface area contributed by atoms with Crippen molar-refractivity contribution in [1.29, 1.82) is 0 Å². The molecule has 0 fully saturated rings. The lowest BCUT2D eigenvalue weighted by molar-refractivity contribution is 0.581. The van der Waals surface area contributed by atoms with Gasteiger partial charge in [0.25, 0.3) is 0 Å². The first-order valence-electron chi connectivity index (χ1n) is 5.51. The van der Waals surface area contributed by atoms with E-state index in [1.807, 2.05) is 19.1 Å². The molecule has 0 unspecified atom stereocenters. The standard InChI is InChI=1S/C12H12ClN3O2S/c1-9-4-5-10(7-15-9)8-16-19(17,18)11-3-2-6-14-12(11)13/h2-7,16H,8H2,1H3. The maximum absolute atomic E-state index is 12.0. The molecule has 100 valence electrons. The summed E-state index contributed by atoms with van der Waals surface area (Å²) in [6.45, 7) is 2.02. The summed E-state index contributed by atoms with van der Waals surface area (Å²) in [7, 11) is -3.67. The summed E-state index contributed by atoms with van der Waals surface area (Å²) >= 11 is 5.77. The molecule has 0 saturated carbocycles. The minimum absolute atomic E-state index is 0.0308. The molecule has 5 nitrogen and oxygen atoms in total. The smallest absolute Gasteiger partial charge is 0.243 e. The molecule has 2 aromatic rings. The molecular weight excluding hydrogens is 286 g/mol. The molecule has 1 N–H and O–H groups in total. The summed E-state index contributed by atoms with van der Waals surface area (Å²) in [5.41, 5.74) is 1.65. The molecule has 0 aliphatic rings. The highest BCUT2D eigenvalue weighted by Gasteiger charge is 2.17. The van der Waals surface area contributed by atoms with Gasteiger partial charge in [-0.15, -0.1) is 0 Å². The molecule has 0 aliphatic heterocycles. The minimum atomic E-state index is -3.67. The van der Waals surface area contributed by atoms with Crippen LogP contribution in [0.4, 0.5) is 0 Å². The number of rotatable bonds is 4. The fourth-order valence-corrected chi connectivity index (χ4v) is 2.90. The van der Waals surface area contributed by atoms with Gasteiger partial charge in [0.2, 0.25) is 10.0 Å². The third kappa shape index (κ3) is 3.50. The van der Waals surface area contributed by atoms with Gasteiger partial charge in [-0.2, -0.15) is 0 Å². The summed E-state index contributed by atoms with van der Waals surface area (Å²) in [6, 6.07) is 6.56. The van der Waals surface area contributed by atoms with Crippen molar-refractivity contribution >= 4 is 21.6 Å². The van der Waals surface area contributed by atoms with Crippen LogP contribution in [0.5, 0.6) is 0 Å². The number of hydrogen-bond donors (Lipinski definition) is 1. The SMILES string of the molecule is Cc1ccc(CNS(=O)(=O)c2cccnc2Cl)cn1. The van der Waals surface area contributed by atoms with Gasteiger partial charge in [0.05, 0.1) is 0 Å². The first-order chi connectivity index (χ1) is 8.99. The number of aromatic nitrogens is 2. The maximum Gasteiger partial charge on any atom is 0.243 e. The van der Waals surface area contributed by atoms with Crippen LogP contribution in [-0.4, -0.2) is 18.4 Å². The number of pyridine rings is 2. The zero-order valence-electron chi connectivity index (χ0n) is 10.2. The van der Waals surface area contributed by atoms with Gasteiger partial charge in [-0.05, 0) is 30.7 Å². The van der Waals surface area contributed by atoms with Gasteiger partial charge in [0, 0.05) is 24.6 Å². The van der Waals surface area contributed by atoms with E-state index in [4.69, 9.17) is 11.6 Å². The Bertz CT molecular complexity index is 672. The lowest BCUT2D eigenvalue weighted by Gasteiger charge is -2.07. The third-order valence-electron chi connectivity index (χ3n) is 2.45. The van der Waals surface area contributed by atoms with Gasteiger partial charge in [-0.1, -0.05) is 17.7 Å². The second-order valence-corrected chi connectivity index (χ2v) is 6.02. The van der Waals surface area contributed by atoms with Crippen LogP contribution in [0, 0.1) is 6.92 Å². The summed E-state index contributed by atoms with van der Waals surface area (Å²) in [4.78, 5) is 7.81. The van der Waals surface area contributed by atoms with Gasteiger partial charge in [0.1, 0.15) is 10.0 Å². The predicted octanol–water partition coefficient (Wildman–Crippen LogP) is 1.92. The van der Waals surface area contributed by atoms with E-state index in [2.05, 4.69) is 14.7 Å². The normalized spacial score (nSPS) is 11.5. The van der Waals surface area contributed by atoms with E-state index in [0.29, 0.717) is 0 Å². The van der Waals surface area contributed by atoms with E-state index in [1.165, 1.54) is 18.3 Å². The Labute approximate surface area is 116 Å². The first-order valence-corrected chi connectivity index (χ1v) is 7.37. The van der Waals surface area contributed by atoms with Crippen molar-refractivity contribution in [2.45, 2.75) is 18.4 Å². The quantitative estimate of drug-likeness (QED) is 0.875. The van der Waals surface area contributed by atoms with Gasteiger partial charge >= 0.3 is 0 Å². The molecule has 0 saturated heterocycles. The van der Waals surface area contributed by atoms with E-state index in [1.54, 1.807) is 6.20 Å². The number of nitrogens with zero attached hydrogens (tertiary/aromatic N) is 2. The average molecular weight is 298 g/mol. The number of aryl methyl sites for hydroxylation is 1. The van der Waals surface area contributed by atoms with E-state index in [-0.39, 0.29) is 16.6 Å². The summed E-state index contributed by atoms with van der Waals surface area (Å²) in [5, 5.41) is -0.0444. The largest absolute Gasteiger partial charge is 0.261 e. The van der Waals surface area contributed by atoms with Crippen LogP contribution in [0.15, 0.2) is 41.6 Å². The number of halogens is 1. The Hall–Kier alpha value is -1.50. The molecule has 0 aliphatic carbocycles. The number of sulfonamides is 1. The highest BCUT2D eigenvalue weighted by Crippen LogP contribution is 2.17. The highest BCUT2D eigenvalue weighted by molar-refractivity contribution is 7.89. The molecule has 0 radical (unpaired) electrons. The second-order valence-electron chi connectivity index (χ2n) is 3.92. The third-order valence-corrected chi connectivity index (χ3v) is 4.30. The zero-order valence-corrected chi connectivity index (χ0v) is 11.7. The van der Waals surface area contributed by atoms with Crippen molar-refractivity contribution in [2.75, 3.05) is 0 Å². The Morgan fingerprint density at radius 1 is 1.26 bits per heavy atom. The summed E-state index contributed by atoms with van der Waals surface area (Å²) in [5.74, 6) is 0. The van der Waals surface area contributed by atoms with Crippen LogP contribution in [0.25, 0.3) is 0 Å². The summed E-state index contributed by atoms with van der Waals surface area (Å²) in [6.07, 6.45) is 3.06. The fourth-order valence-electron chi connectivity index (χ4n) is 1.43. The molecule has 0 bridgehead atoms. The molecule has 19 heavy (non-hydrogen) atoms. The van der Waals surface area contributed by atoms with Crippen molar-refractivity contribution in [3.63, 3.8) is 0 Å². The van der Waals surface area contributed by atoms with Crippen molar-refractivity contribution in [2.24, 2.45) is 0 Å². The second kappa shape index (κ2) is 5.64. The van der Waals surface area contributed by atoms with Crippen LogP contribution in [0.2, 0.25) is 5.15 Å². The van der Waals surface area contributed by atoms with Crippen LogP contribution in [0.1, 0.15) is 11.3 Å². The topological polar surface area (TPSA) is 72.0 Å². The number of nitrogens with one attached hydrogen (secondary N) is 1. The van der Waals surface area contributed by atoms with Gasteiger partial charge < -0.3 is 0 Å². The predicted molar refractivity (Wildman–Crippen MR) is 72.2 cm³/mol. The van der Waals surface area contributed by atoms with Gasteiger partial charge in [-0.3, -0.25) is 4.98 Å². The van der Waals surface area contributed by atoms with Crippen molar-refractivity contribution in [1.82, 2.24) is 14.7 Å². The molecule has 0 amide bonds. The van der Waals surface area contributed by atoms with Crippen LogP contribution < -0.4 is 4.72 Å². The fraction of sp³-hybridized carbons (Fsp3) is 0.167. The van der Waals surface area contributed by atoms with Crippen LogP contribution in [0.3, 0.4) is 0 Å². The first kappa shape index (κ1) is 13.9. The average Bonchev–Trinajstić information content (AvgIpc) is 2.38. The number of hydrogen-bond acceptors (Lipinski definition) is 4. The molecule has 2 rings (SSSR count). The highest BCUT2D eigenvalue weighted by atomic mass is 35.5. The Kier molecular flexibility index (Phi) is 4.14. The maximum atomic E-state index is 12.0. The molecule has 2 aromatic heterocycles. The molecule has 2 heterocycles. The minimum Gasteiger partial charge on any atom is -0.261 e. The molecular formula is C12H12ClN3O2S. The van der Waals surface area contributed by atoms with Crippen molar-refractivity contribution in [3.05, 3.63) is 53.1 Å². The Morgan fingerprint density at radius 2 is 2.05 bits per heavy atom. The monoisotopic (exact) mass is 297 g/mol. The van der Waals surface area contributed by atoms with E-state index >= 15 is 0 Å².